The Morgan fingerprint density at radius 2 is 1.65 bits per heavy atom. The quantitative estimate of drug-likeness (QED) is 0.483. The highest BCUT2D eigenvalue weighted by molar-refractivity contribution is 6.32. The van der Waals surface area contributed by atoms with Gasteiger partial charge in [0.2, 0.25) is 0 Å². The standard InChI is InChI=1S/C22H20ClFN4O3/c1-12-9-16(10-13(2)17(12)23)31-21-25-19-18(26(21)3)20(29)28(22(30)27(19)4)11-14-5-7-15(24)8-6-14/h5-10H,11H2,1-4H3. The maximum atomic E-state index is 13.2. The van der Waals surface area contributed by atoms with Gasteiger partial charge in [0.25, 0.3) is 5.56 Å². The molecule has 9 heteroatoms. The zero-order valence-electron chi connectivity index (χ0n) is 17.4. The Hall–Kier alpha value is -3.39. The average Bonchev–Trinajstić information content (AvgIpc) is 3.05. The molecule has 0 aliphatic rings. The van der Waals surface area contributed by atoms with Crippen LogP contribution in [0.25, 0.3) is 11.2 Å². The maximum absolute atomic E-state index is 13.2. The van der Waals surface area contributed by atoms with E-state index in [1.54, 1.807) is 26.2 Å². The van der Waals surface area contributed by atoms with Gasteiger partial charge >= 0.3 is 11.7 Å². The van der Waals surface area contributed by atoms with Gasteiger partial charge in [0, 0.05) is 19.1 Å². The predicted molar refractivity (Wildman–Crippen MR) is 117 cm³/mol. The van der Waals surface area contributed by atoms with E-state index in [9.17, 15) is 14.0 Å². The van der Waals surface area contributed by atoms with E-state index in [-0.39, 0.29) is 29.5 Å². The normalized spacial score (nSPS) is 11.3. The van der Waals surface area contributed by atoms with E-state index < -0.39 is 11.2 Å². The lowest BCUT2D eigenvalue weighted by Crippen LogP contribution is -2.39. The minimum atomic E-state index is -0.523. The summed E-state index contributed by atoms with van der Waals surface area (Å²) < 4.78 is 23.0. The minimum absolute atomic E-state index is 0.0126. The first-order chi connectivity index (χ1) is 14.7. The van der Waals surface area contributed by atoms with E-state index in [0.29, 0.717) is 16.3 Å². The second kappa shape index (κ2) is 7.70. The van der Waals surface area contributed by atoms with Crippen molar-refractivity contribution in [3.63, 3.8) is 0 Å². The van der Waals surface area contributed by atoms with Crippen molar-refractivity contribution in [3.05, 3.63) is 84.8 Å². The molecule has 31 heavy (non-hydrogen) atoms. The predicted octanol–water partition coefficient (Wildman–Crippen LogP) is 3.68. The van der Waals surface area contributed by atoms with Crippen LogP contribution in [0, 0.1) is 19.7 Å². The van der Waals surface area contributed by atoms with Crippen molar-refractivity contribution in [2.75, 3.05) is 0 Å². The van der Waals surface area contributed by atoms with Crippen molar-refractivity contribution in [3.8, 4) is 11.8 Å². The molecule has 0 aliphatic heterocycles. The van der Waals surface area contributed by atoms with Crippen molar-refractivity contribution < 1.29 is 9.13 Å². The van der Waals surface area contributed by atoms with Crippen LogP contribution in [0.15, 0.2) is 46.0 Å². The average molecular weight is 443 g/mol. The molecule has 160 valence electrons. The number of nitrogens with zero attached hydrogens (tertiary/aromatic N) is 4. The van der Waals surface area contributed by atoms with Crippen LogP contribution in [0.1, 0.15) is 16.7 Å². The lowest BCUT2D eigenvalue weighted by molar-refractivity contribution is 0.427. The molecule has 0 bridgehead atoms. The highest BCUT2D eigenvalue weighted by Gasteiger charge is 2.20. The summed E-state index contributed by atoms with van der Waals surface area (Å²) in [5.41, 5.74) is 1.74. The van der Waals surface area contributed by atoms with Gasteiger partial charge in [0.05, 0.1) is 6.54 Å². The third-order valence-corrected chi connectivity index (χ3v) is 5.79. The van der Waals surface area contributed by atoms with Crippen LogP contribution < -0.4 is 16.0 Å². The van der Waals surface area contributed by atoms with Crippen molar-refractivity contribution in [2.45, 2.75) is 20.4 Å². The van der Waals surface area contributed by atoms with Gasteiger partial charge in [-0.05, 0) is 54.8 Å². The second-order valence-corrected chi connectivity index (χ2v) is 7.84. The van der Waals surface area contributed by atoms with Gasteiger partial charge < -0.3 is 4.74 Å². The molecule has 2 aromatic carbocycles. The van der Waals surface area contributed by atoms with E-state index in [1.165, 1.54) is 33.4 Å². The number of aromatic nitrogens is 4. The lowest BCUT2D eigenvalue weighted by atomic mass is 10.1. The van der Waals surface area contributed by atoms with Crippen molar-refractivity contribution >= 4 is 22.8 Å². The van der Waals surface area contributed by atoms with Crippen molar-refractivity contribution in [1.82, 2.24) is 18.7 Å². The Bertz CT molecular complexity index is 1410. The van der Waals surface area contributed by atoms with Crippen LogP contribution in [-0.4, -0.2) is 18.7 Å². The summed E-state index contributed by atoms with van der Waals surface area (Å²) in [5.74, 6) is 0.134. The SMILES string of the molecule is Cc1cc(Oc2nc3c(c(=O)n(Cc4ccc(F)cc4)c(=O)n3C)n2C)cc(C)c1Cl. The maximum Gasteiger partial charge on any atom is 0.332 e. The van der Waals surface area contributed by atoms with Gasteiger partial charge in [-0.1, -0.05) is 23.7 Å². The highest BCUT2D eigenvalue weighted by atomic mass is 35.5. The molecule has 0 saturated carbocycles. The Morgan fingerprint density at radius 1 is 1.03 bits per heavy atom. The molecule has 0 N–H and O–H groups in total. The fourth-order valence-electron chi connectivity index (χ4n) is 3.50. The van der Waals surface area contributed by atoms with Gasteiger partial charge in [-0.15, -0.1) is 0 Å². The third-order valence-electron chi connectivity index (χ3n) is 5.19. The van der Waals surface area contributed by atoms with Gasteiger partial charge in [0.15, 0.2) is 11.2 Å². The van der Waals surface area contributed by atoms with Crippen LogP contribution in [-0.2, 0) is 20.6 Å². The molecule has 4 aromatic rings. The minimum Gasteiger partial charge on any atom is -0.425 e. The Morgan fingerprint density at radius 3 is 2.26 bits per heavy atom. The summed E-state index contributed by atoms with van der Waals surface area (Å²) in [6, 6.07) is 9.37. The van der Waals surface area contributed by atoms with Crippen LogP contribution in [0.2, 0.25) is 5.02 Å². The molecule has 2 heterocycles. The summed E-state index contributed by atoms with van der Waals surface area (Å²) >= 11 is 6.22. The Balaban J connectivity index is 1.83. The molecule has 4 rings (SSSR count). The third kappa shape index (κ3) is 3.63. The first-order valence-corrected chi connectivity index (χ1v) is 9.90. The van der Waals surface area contributed by atoms with E-state index in [2.05, 4.69) is 4.98 Å². The number of fused-ring (bicyclic) bond motifs is 1. The van der Waals surface area contributed by atoms with E-state index in [0.717, 1.165) is 15.7 Å². The molecule has 0 radical (unpaired) electrons. The number of hydrogen-bond donors (Lipinski definition) is 0. The molecule has 0 saturated heterocycles. The Labute approximate surface area is 181 Å². The van der Waals surface area contributed by atoms with Gasteiger partial charge in [-0.25, -0.2) is 9.18 Å². The fraction of sp³-hybridized carbons (Fsp3) is 0.227. The highest BCUT2D eigenvalue weighted by Crippen LogP contribution is 2.29. The first kappa shape index (κ1) is 20.9. The second-order valence-electron chi connectivity index (χ2n) is 7.46. The number of imidazole rings is 1. The summed E-state index contributed by atoms with van der Waals surface area (Å²) in [5, 5.41) is 0.656. The number of benzene rings is 2. The zero-order chi connectivity index (χ0) is 22.4. The van der Waals surface area contributed by atoms with Gasteiger partial charge in [-0.3, -0.25) is 18.5 Å². The van der Waals surface area contributed by atoms with E-state index in [1.807, 2.05) is 13.8 Å². The number of aryl methyl sites for hydroxylation is 4. The van der Waals surface area contributed by atoms with Gasteiger partial charge in [0.1, 0.15) is 11.6 Å². The van der Waals surface area contributed by atoms with Crippen LogP contribution in [0.3, 0.4) is 0 Å². The summed E-state index contributed by atoms with van der Waals surface area (Å²) in [4.78, 5) is 30.4. The Kier molecular flexibility index (Phi) is 5.18. The molecule has 0 fully saturated rings. The smallest absolute Gasteiger partial charge is 0.332 e. The molecular formula is C22H20ClFN4O3. The molecule has 0 unspecified atom stereocenters. The molecule has 0 aliphatic carbocycles. The number of ether oxygens (including phenoxy) is 1. The number of hydrogen-bond acceptors (Lipinski definition) is 4. The van der Waals surface area contributed by atoms with Crippen LogP contribution in [0.4, 0.5) is 4.39 Å². The number of halogens is 2. The molecule has 2 aromatic heterocycles. The van der Waals surface area contributed by atoms with Crippen LogP contribution >= 0.6 is 11.6 Å². The molecule has 0 atom stereocenters. The summed E-state index contributed by atoms with van der Waals surface area (Å²) in [6.07, 6.45) is 0. The van der Waals surface area contributed by atoms with E-state index in [4.69, 9.17) is 16.3 Å². The van der Waals surface area contributed by atoms with Crippen LogP contribution in [0.5, 0.6) is 11.8 Å². The van der Waals surface area contributed by atoms with Crippen molar-refractivity contribution in [1.29, 1.82) is 0 Å². The molecule has 7 nitrogen and oxygen atoms in total. The lowest BCUT2D eigenvalue weighted by Gasteiger charge is -2.09. The van der Waals surface area contributed by atoms with Crippen molar-refractivity contribution in [2.24, 2.45) is 14.1 Å². The largest absolute Gasteiger partial charge is 0.425 e. The summed E-state index contributed by atoms with van der Waals surface area (Å²) in [6.45, 7) is 3.75. The fourth-order valence-corrected chi connectivity index (χ4v) is 3.61. The summed E-state index contributed by atoms with van der Waals surface area (Å²) in [7, 11) is 3.19. The van der Waals surface area contributed by atoms with Gasteiger partial charge in [-0.2, -0.15) is 4.98 Å². The number of rotatable bonds is 4. The topological polar surface area (TPSA) is 71.1 Å². The first-order valence-electron chi connectivity index (χ1n) is 9.52. The molecule has 0 amide bonds. The zero-order valence-corrected chi connectivity index (χ0v) is 18.2. The molecule has 0 spiro atoms. The molecular weight excluding hydrogens is 423 g/mol. The van der Waals surface area contributed by atoms with E-state index >= 15 is 0 Å². The monoisotopic (exact) mass is 442 g/mol.